The molecule has 0 aromatic rings. The van der Waals surface area contributed by atoms with Gasteiger partial charge in [-0.05, 0) is 31.8 Å². The van der Waals surface area contributed by atoms with Gasteiger partial charge in [-0.25, -0.2) is 0 Å². The molecule has 2 rings (SSSR count). The minimum absolute atomic E-state index is 0.321. The van der Waals surface area contributed by atoms with E-state index in [1.54, 1.807) is 6.92 Å². The fourth-order valence-electron chi connectivity index (χ4n) is 2.62. The van der Waals surface area contributed by atoms with Crippen LogP contribution in [0.5, 0.6) is 0 Å². The number of fused-ring (bicyclic) bond motifs is 2. The predicted molar refractivity (Wildman–Crippen MR) is 64.4 cm³/mol. The lowest BCUT2D eigenvalue weighted by molar-refractivity contribution is 0.489. The Morgan fingerprint density at radius 2 is 2.18 bits per heavy atom. The maximum Gasteiger partial charge on any atom is 0.175 e. The Morgan fingerprint density at radius 3 is 2.76 bits per heavy atom. The predicted octanol–water partition coefficient (Wildman–Crippen LogP) is 1.88. The van der Waals surface area contributed by atoms with Crippen LogP contribution in [0.25, 0.3) is 0 Å². The Labute approximate surface area is 102 Å². The summed E-state index contributed by atoms with van der Waals surface area (Å²) in [5.74, 6) is 5.66. The minimum atomic E-state index is -1.04. The lowest BCUT2D eigenvalue weighted by Crippen LogP contribution is -2.36. The highest BCUT2D eigenvalue weighted by molar-refractivity contribution is 5.38. The highest BCUT2D eigenvalue weighted by Gasteiger charge is 2.40. The van der Waals surface area contributed by atoms with Crippen LogP contribution in [-0.2, 0) is 0 Å². The van der Waals surface area contributed by atoms with Gasteiger partial charge < -0.3 is 5.32 Å². The number of nitrogens with one attached hydrogen (secondary N) is 1. The van der Waals surface area contributed by atoms with Crippen LogP contribution in [0.3, 0.4) is 0 Å². The van der Waals surface area contributed by atoms with E-state index in [1.807, 2.05) is 0 Å². The van der Waals surface area contributed by atoms with Crippen LogP contribution in [0.1, 0.15) is 32.6 Å². The molecule has 0 aromatic heterocycles. The average molecular weight is 225 g/mol. The van der Waals surface area contributed by atoms with Gasteiger partial charge in [0.15, 0.2) is 5.41 Å². The van der Waals surface area contributed by atoms with E-state index in [1.165, 1.54) is 0 Å². The summed E-state index contributed by atoms with van der Waals surface area (Å²) in [4.78, 5) is 0. The lowest BCUT2D eigenvalue weighted by Gasteiger charge is -2.27. The van der Waals surface area contributed by atoms with Crippen molar-refractivity contribution in [2.24, 2.45) is 5.41 Å². The Kier molecular flexibility index (Phi) is 3.19. The third kappa shape index (κ3) is 2.05. The first kappa shape index (κ1) is 11.7. The van der Waals surface area contributed by atoms with Crippen molar-refractivity contribution < 1.29 is 0 Å². The zero-order valence-electron chi connectivity index (χ0n) is 9.95. The first-order valence-corrected chi connectivity index (χ1v) is 5.93. The van der Waals surface area contributed by atoms with Crippen molar-refractivity contribution in [3.8, 4) is 24.0 Å². The van der Waals surface area contributed by atoms with Crippen molar-refractivity contribution in [3.05, 3.63) is 11.6 Å². The van der Waals surface area contributed by atoms with E-state index in [2.05, 4.69) is 35.4 Å². The van der Waals surface area contributed by atoms with Gasteiger partial charge in [0.2, 0.25) is 0 Å². The van der Waals surface area contributed by atoms with Gasteiger partial charge in [0, 0.05) is 18.5 Å². The maximum absolute atomic E-state index is 9.35. The summed E-state index contributed by atoms with van der Waals surface area (Å²) in [5, 5.41) is 22.2. The van der Waals surface area contributed by atoms with Gasteiger partial charge in [-0.15, -0.1) is 11.8 Å². The number of nitriles is 2. The molecular formula is C14H15N3. The molecule has 2 heterocycles. The molecule has 1 N–H and O–H groups in total. The molecule has 0 aliphatic carbocycles. The maximum atomic E-state index is 9.35. The molecule has 3 nitrogen and oxygen atoms in total. The van der Waals surface area contributed by atoms with E-state index >= 15 is 0 Å². The normalized spacial score (nSPS) is 26.2. The Bertz CT molecular complexity index is 464. The fraction of sp³-hybridized carbons (Fsp3) is 0.571. The zero-order valence-corrected chi connectivity index (χ0v) is 9.95. The molecular weight excluding hydrogens is 210 g/mol. The van der Waals surface area contributed by atoms with Crippen molar-refractivity contribution >= 4 is 0 Å². The van der Waals surface area contributed by atoms with Crippen LogP contribution in [-0.4, -0.2) is 12.1 Å². The second-order valence-electron chi connectivity index (χ2n) is 4.68. The molecule has 86 valence electrons. The van der Waals surface area contributed by atoms with Crippen LogP contribution in [0.2, 0.25) is 0 Å². The Morgan fingerprint density at radius 1 is 1.41 bits per heavy atom. The van der Waals surface area contributed by atoms with Gasteiger partial charge in [0.1, 0.15) is 0 Å². The molecule has 2 aliphatic heterocycles. The third-order valence-electron chi connectivity index (χ3n) is 3.60. The van der Waals surface area contributed by atoms with Crippen LogP contribution < -0.4 is 5.32 Å². The van der Waals surface area contributed by atoms with Gasteiger partial charge in [0.05, 0.1) is 12.1 Å². The van der Waals surface area contributed by atoms with Crippen LogP contribution in [0, 0.1) is 39.9 Å². The molecule has 2 atom stereocenters. The molecule has 0 amide bonds. The summed E-state index contributed by atoms with van der Waals surface area (Å²) in [7, 11) is 0. The molecule has 2 unspecified atom stereocenters. The average Bonchev–Trinajstić information content (AvgIpc) is 2.70. The minimum Gasteiger partial charge on any atom is -0.307 e. The first-order valence-electron chi connectivity index (χ1n) is 5.93. The molecule has 1 saturated heterocycles. The molecule has 0 radical (unpaired) electrons. The van der Waals surface area contributed by atoms with Gasteiger partial charge in [-0.3, -0.25) is 0 Å². The Balaban J connectivity index is 2.31. The summed E-state index contributed by atoms with van der Waals surface area (Å²) in [6, 6.07) is 5.15. The topological polar surface area (TPSA) is 59.6 Å². The third-order valence-corrected chi connectivity index (χ3v) is 3.60. The number of nitrogens with zero attached hydrogens (tertiary/aromatic N) is 2. The summed E-state index contributed by atoms with van der Waals surface area (Å²) < 4.78 is 0. The zero-order chi connectivity index (χ0) is 12.3. The van der Waals surface area contributed by atoms with Crippen LogP contribution in [0.4, 0.5) is 0 Å². The van der Waals surface area contributed by atoms with E-state index in [0.717, 1.165) is 24.8 Å². The molecule has 0 saturated carbocycles. The van der Waals surface area contributed by atoms with Gasteiger partial charge in [-0.2, -0.15) is 10.5 Å². The highest BCUT2D eigenvalue weighted by atomic mass is 15.0. The molecule has 0 spiro atoms. The van der Waals surface area contributed by atoms with Gasteiger partial charge >= 0.3 is 0 Å². The van der Waals surface area contributed by atoms with E-state index in [-0.39, 0.29) is 0 Å². The van der Waals surface area contributed by atoms with Gasteiger partial charge in [0.25, 0.3) is 0 Å². The summed E-state index contributed by atoms with van der Waals surface area (Å²) >= 11 is 0. The SMILES string of the molecule is CC#CCC(C#N)(C#N)C1=CC2CCC(C1)N2. The summed E-state index contributed by atoms with van der Waals surface area (Å²) in [5.41, 5.74) is -0.0668. The summed E-state index contributed by atoms with van der Waals surface area (Å²) in [6.07, 6.45) is 5.45. The molecule has 0 aromatic carbocycles. The highest BCUT2D eigenvalue weighted by Crippen LogP contribution is 2.38. The van der Waals surface area contributed by atoms with Crippen molar-refractivity contribution in [2.45, 2.75) is 44.7 Å². The van der Waals surface area contributed by atoms with Crippen molar-refractivity contribution in [2.75, 3.05) is 0 Å². The number of hydrogen-bond acceptors (Lipinski definition) is 3. The smallest absolute Gasteiger partial charge is 0.175 e. The second-order valence-corrected chi connectivity index (χ2v) is 4.68. The largest absolute Gasteiger partial charge is 0.307 e. The van der Waals surface area contributed by atoms with E-state index in [0.29, 0.717) is 18.5 Å². The van der Waals surface area contributed by atoms with E-state index in [4.69, 9.17) is 0 Å². The van der Waals surface area contributed by atoms with Crippen LogP contribution >= 0.6 is 0 Å². The molecule has 3 heteroatoms. The van der Waals surface area contributed by atoms with Crippen molar-refractivity contribution in [1.82, 2.24) is 5.32 Å². The first-order chi connectivity index (χ1) is 8.24. The Hall–Kier alpha value is -1.76. The monoisotopic (exact) mass is 225 g/mol. The molecule has 1 fully saturated rings. The van der Waals surface area contributed by atoms with E-state index < -0.39 is 5.41 Å². The quantitative estimate of drug-likeness (QED) is 0.576. The molecule has 17 heavy (non-hydrogen) atoms. The standard InChI is InChI=1S/C14H15N3/c1-2-3-6-14(9-15,10-16)11-7-12-4-5-13(8-11)17-12/h7,12-13,17H,4-6,8H2,1H3. The lowest BCUT2D eigenvalue weighted by atomic mass is 9.76. The molecule has 2 bridgehead atoms. The van der Waals surface area contributed by atoms with Crippen LogP contribution in [0.15, 0.2) is 11.6 Å². The van der Waals surface area contributed by atoms with Crippen molar-refractivity contribution in [1.29, 1.82) is 10.5 Å². The number of rotatable bonds is 2. The number of hydrogen-bond donors (Lipinski definition) is 1. The summed E-state index contributed by atoms with van der Waals surface area (Å²) in [6.45, 7) is 1.74. The van der Waals surface area contributed by atoms with Crippen molar-refractivity contribution in [3.63, 3.8) is 0 Å². The van der Waals surface area contributed by atoms with E-state index in [9.17, 15) is 10.5 Å². The van der Waals surface area contributed by atoms with Gasteiger partial charge in [-0.1, -0.05) is 6.08 Å². The second kappa shape index (κ2) is 4.62. The molecule has 2 aliphatic rings. The fourth-order valence-corrected chi connectivity index (χ4v) is 2.62.